The first-order chi connectivity index (χ1) is 15.2. The number of hydrogen-bond acceptors (Lipinski definition) is 8. The fraction of sp³-hybridized carbons (Fsp3) is 0.368. The molecule has 3 heterocycles. The van der Waals surface area contributed by atoms with Gasteiger partial charge in [0.2, 0.25) is 11.8 Å². The van der Waals surface area contributed by atoms with E-state index in [0.717, 1.165) is 0 Å². The Morgan fingerprint density at radius 1 is 1.22 bits per heavy atom. The molecule has 13 heteroatoms. The van der Waals surface area contributed by atoms with E-state index < -0.39 is 17.6 Å². The summed E-state index contributed by atoms with van der Waals surface area (Å²) >= 11 is 0. The second-order valence-corrected chi connectivity index (χ2v) is 6.69. The molecule has 1 N–H and O–H groups in total. The maximum atomic E-state index is 13.3. The minimum atomic E-state index is -4.51. The molecule has 0 fully saturated rings. The van der Waals surface area contributed by atoms with Crippen LogP contribution in [-0.2, 0) is 6.18 Å². The maximum Gasteiger partial charge on any atom is 0.419 e. The van der Waals surface area contributed by atoms with Gasteiger partial charge in [-0.2, -0.15) is 23.4 Å². The number of alkyl halides is 3. The van der Waals surface area contributed by atoms with E-state index in [2.05, 4.69) is 30.5 Å². The molecule has 0 saturated heterocycles. The summed E-state index contributed by atoms with van der Waals surface area (Å²) in [5.74, 6) is -0.126. The van der Waals surface area contributed by atoms with E-state index >= 15 is 0 Å². The highest BCUT2D eigenvalue weighted by molar-refractivity contribution is 5.96. The SMILES string of the molecule is CCC(CNc1ncc(C(F)(F)F)cn1)N(C)C(=O)c1nc(OC)ccc1-n1nccn1. The predicted molar refractivity (Wildman–Crippen MR) is 107 cm³/mol. The summed E-state index contributed by atoms with van der Waals surface area (Å²) in [4.78, 5) is 27.7. The van der Waals surface area contributed by atoms with Gasteiger partial charge < -0.3 is 15.0 Å². The maximum absolute atomic E-state index is 13.3. The highest BCUT2D eigenvalue weighted by atomic mass is 19.4. The Balaban J connectivity index is 1.76. The largest absolute Gasteiger partial charge is 0.481 e. The first-order valence-electron chi connectivity index (χ1n) is 9.56. The molecule has 3 rings (SSSR count). The van der Waals surface area contributed by atoms with Crippen LogP contribution in [0.4, 0.5) is 19.1 Å². The summed E-state index contributed by atoms with van der Waals surface area (Å²) in [6.45, 7) is 2.09. The lowest BCUT2D eigenvalue weighted by atomic mass is 10.1. The number of methoxy groups -OCH3 is 1. The van der Waals surface area contributed by atoms with Gasteiger partial charge in [0.25, 0.3) is 5.91 Å². The van der Waals surface area contributed by atoms with Gasteiger partial charge in [-0.05, 0) is 12.5 Å². The van der Waals surface area contributed by atoms with Gasteiger partial charge in [0.1, 0.15) is 5.69 Å². The van der Waals surface area contributed by atoms with E-state index in [0.29, 0.717) is 24.5 Å². The number of likely N-dealkylation sites (N-methyl/N-ethyl adjacent to an activating group) is 1. The monoisotopic (exact) mass is 450 g/mol. The Hall–Kier alpha value is -3.77. The van der Waals surface area contributed by atoms with Gasteiger partial charge in [-0.1, -0.05) is 6.92 Å². The van der Waals surface area contributed by atoms with Crippen LogP contribution in [0.3, 0.4) is 0 Å². The molecule has 3 aromatic rings. The molecule has 1 unspecified atom stereocenters. The van der Waals surface area contributed by atoms with Crippen LogP contribution >= 0.6 is 0 Å². The molecule has 10 nitrogen and oxygen atoms in total. The second kappa shape index (κ2) is 9.58. The van der Waals surface area contributed by atoms with Gasteiger partial charge in [0, 0.05) is 38.1 Å². The van der Waals surface area contributed by atoms with Crippen molar-refractivity contribution in [1.82, 2.24) is 34.8 Å². The van der Waals surface area contributed by atoms with Gasteiger partial charge >= 0.3 is 6.18 Å². The fourth-order valence-electron chi connectivity index (χ4n) is 2.87. The number of nitrogens with one attached hydrogen (secondary N) is 1. The third-order valence-corrected chi connectivity index (χ3v) is 4.71. The molecule has 0 saturated carbocycles. The number of carbonyl (C=O) groups is 1. The van der Waals surface area contributed by atoms with Gasteiger partial charge in [-0.25, -0.2) is 15.0 Å². The van der Waals surface area contributed by atoms with Crippen LogP contribution in [0.15, 0.2) is 36.9 Å². The van der Waals surface area contributed by atoms with Crippen molar-refractivity contribution in [1.29, 1.82) is 0 Å². The van der Waals surface area contributed by atoms with Crippen molar-refractivity contribution in [3.05, 3.63) is 48.2 Å². The van der Waals surface area contributed by atoms with Crippen LogP contribution in [0.1, 0.15) is 29.4 Å². The van der Waals surface area contributed by atoms with Crippen molar-refractivity contribution in [2.75, 3.05) is 26.0 Å². The highest BCUT2D eigenvalue weighted by Gasteiger charge is 2.31. The number of rotatable bonds is 8. The average molecular weight is 450 g/mol. The number of aromatic nitrogens is 6. The number of hydrogen-bond donors (Lipinski definition) is 1. The molecule has 170 valence electrons. The molecule has 1 amide bonds. The quantitative estimate of drug-likeness (QED) is 0.557. The smallest absolute Gasteiger partial charge is 0.419 e. The van der Waals surface area contributed by atoms with Crippen molar-refractivity contribution in [3.8, 4) is 11.6 Å². The minimum Gasteiger partial charge on any atom is -0.481 e. The first kappa shape index (κ1) is 22.9. The van der Waals surface area contributed by atoms with Crippen molar-refractivity contribution < 1.29 is 22.7 Å². The van der Waals surface area contributed by atoms with Crippen molar-refractivity contribution >= 4 is 11.9 Å². The molecule has 0 radical (unpaired) electrons. The highest BCUT2D eigenvalue weighted by Crippen LogP contribution is 2.28. The summed E-state index contributed by atoms with van der Waals surface area (Å²) in [5, 5.41) is 11.0. The number of carbonyl (C=O) groups excluding carboxylic acids is 1. The summed E-state index contributed by atoms with van der Waals surface area (Å²) < 4.78 is 43.1. The van der Waals surface area contributed by atoms with E-state index in [-0.39, 0.29) is 30.1 Å². The molecule has 0 bridgehead atoms. The van der Waals surface area contributed by atoms with Crippen LogP contribution in [0.25, 0.3) is 5.69 Å². The lowest BCUT2D eigenvalue weighted by Gasteiger charge is -2.28. The van der Waals surface area contributed by atoms with E-state index in [1.165, 1.54) is 29.2 Å². The molecule has 0 aliphatic heterocycles. The minimum absolute atomic E-state index is 0.0261. The molecule has 0 aliphatic rings. The third-order valence-electron chi connectivity index (χ3n) is 4.71. The third kappa shape index (κ3) is 5.10. The molecule has 0 spiro atoms. The number of halogens is 3. The van der Waals surface area contributed by atoms with E-state index in [4.69, 9.17) is 4.74 Å². The first-order valence-corrected chi connectivity index (χ1v) is 9.56. The molecule has 1 atom stereocenters. The summed E-state index contributed by atoms with van der Waals surface area (Å²) in [6.07, 6.45) is 0.399. The van der Waals surface area contributed by atoms with Crippen molar-refractivity contribution in [2.24, 2.45) is 0 Å². The zero-order chi connectivity index (χ0) is 23.3. The van der Waals surface area contributed by atoms with Crippen molar-refractivity contribution in [2.45, 2.75) is 25.6 Å². The van der Waals surface area contributed by atoms with Crippen LogP contribution in [0.5, 0.6) is 5.88 Å². The Bertz CT molecular complexity index is 1040. The molecule has 3 aromatic heterocycles. The van der Waals surface area contributed by atoms with Crippen molar-refractivity contribution in [3.63, 3.8) is 0 Å². The molecule has 0 aromatic carbocycles. The van der Waals surface area contributed by atoms with Crippen LogP contribution in [-0.4, -0.2) is 67.5 Å². The number of ether oxygens (including phenoxy) is 1. The van der Waals surface area contributed by atoms with E-state index in [1.807, 2.05) is 6.92 Å². The number of amides is 1. The van der Waals surface area contributed by atoms with Gasteiger partial charge in [-0.3, -0.25) is 4.79 Å². The standard InChI is InChI=1S/C19H21F3N8O2/c1-4-13(11-25-18-23-9-12(10-24-18)19(20,21)22)29(2)17(31)16-14(30-26-7-8-27-30)5-6-15(28-16)32-3/h5-10,13H,4,11H2,1-3H3,(H,23,24,25). The van der Waals surface area contributed by atoms with Crippen LogP contribution in [0.2, 0.25) is 0 Å². The van der Waals surface area contributed by atoms with Crippen LogP contribution in [0, 0.1) is 0 Å². The normalized spacial score (nSPS) is 12.3. The lowest BCUT2D eigenvalue weighted by Crippen LogP contribution is -2.42. The molecule has 0 aliphatic carbocycles. The predicted octanol–water partition coefficient (Wildman–Crippen LogP) is 2.44. The Labute approximate surface area is 181 Å². The number of nitrogens with zero attached hydrogens (tertiary/aromatic N) is 7. The molecule has 32 heavy (non-hydrogen) atoms. The number of anilines is 1. The number of pyridine rings is 1. The summed E-state index contributed by atoms with van der Waals surface area (Å²) in [7, 11) is 3.04. The van der Waals surface area contributed by atoms with Crippen LogP contribution < -0.4 is 10.1 Å². The van der Waals surface area contributed by atoms with Gasteiger partial charge in [0.05, 0.1) is 25.1 Å². The Morgan fingerprint density at radius 2 is 1.88 bits per heavy atom. The van der Waals surface area contributed by atoms with Gasteiger partial charge in [0.15, 0.2) is 5.69 Å². The lowest BCUT2D eigenvalue weighted by molar-refractivity contribution is -0.138. The second-order valence-electron chi connectivity index (χ2n) is 6.69. The summed E-state index contributed by atoms with van der Waals surface area (Å²) in [5.41, 5.74) is -0.472. The Kier molecular flexibility index (Phi) is 6.85. The van der Waals surface area contributed by atoms with E-state index in [1.54, 1.807) is 19.2 Å². The zero-order valence-corrected chi connectivity index (χ0v) is 17.5. The van der Waals surface area contributed by atoms with E-state index in [9.17, 15) is 18.0 Å². The zero-order valence-electron chi connectivity index (χ0n) is 17.5. The van der Waals surface area contributed by atoms with Gasteiger partial charge in [-0.15, -0.1) is 4.80 Å². The Morgan fingerprint density at radius 3 is 2.44 bits per heavy atom. The molecular weight excluding hydrogens is 429 g/mol. The topological polar surface area (TPSA) is 111 Å². The average Bonchev–Trinajstić information content (AvgIpc) is 3.33. The fourth-order valence-corrected chi connectivity index (χ4v) is 2.87. The summed E-state index contributed by atoms with van der Waals surface area (Å²) in [6, 6.07) is 2.89. The molecular formula is C19H21F3N8O2.